The molecular weight excluding hydrogens is 396 g/mol. The number of aliphatic hydroxyl groups is 1. The fourth-order valence-electron chi connectivity index (χ4n) is 4.38. The summed E-state index contributed by atoms with van der Waals surface area (Å²) >= 11 is 0. The van der Waals surface area contributed by atoms with Gasteiger partial charge in [-0.15, -0.1) is 0 Å². The Balaban J connectivity index is 1.60. The minimum absolute atomic E-state index is 0.256. The van der Waals surface area contributed by atoms with Crippen LogP contribution in [0, 0.1) is 6.92 Å². The molecule has 3 aromatic rings. The average molecular weight is 423 g/mol. The second-order valence-corrected chi connectivity index (χ2v) is 9.77. The Bertz CT molecular complexity index is 1130. The Morgan fingerprint density at radius 2 is 1.97 bits per heavy atom. The van der Waals surface area contributed by atoms with E-state index < -0.39 is 16.9 Å². The van der Waals surface area contributed by atoms with E-state index in [0.29, 0.717) is 31.9 Å². The van der Waals surface area contributed by atoms with E-state index in [9.17, 15) is 9.32 Å². The van der Waals surface area contributed by atoms with Crippen LogP contribution in [0.5, 0.6) is 0 Å². The lowest BCUT2D eigenvalue weighted by Crippen LogP contribution is -2.32. The second-order valence-electron chi connectivity index (χ2n) is 8.24. The van der Waals surface area contributed by atoms with Crippen LogP contribution in [0.1, 0.15) is 11.1 Å². The number of anilines is 2. The van der Waals surface area contributed by atoms with Gasteiger partial charge in [0.2, 0.25) is 0 Å². The van der Waals surface area contributed by atoms with E-state index in [1.165, 1.54) is 5.56 Å². The maximum Gasteiger partial charge on any atom is 0.131 e. The van der Waals surface area contributed by atoms with Crippen molar-refractivity contribution in [3.63, 3.8) is 0 Å². The number of hydrogen-bond donors (Lipinski definition) is 2. The van der Waals surface area contributed by atoms with Gasteiger partial charge in [0.1, 0.15) is 5.82 Å². The van der Waals surface area contributed by atoms with Crippen LogP contribution in [0.4, 0.5) is 11.5 Å². The summed E-state index contributed by atoms with van der Waals surface area (Å²) in [4.78, 5) is 10.2. The topological polar surface area (TPSA) is 82.7 Å². The van der Waals surface area contributed by atoms with Gasteiger partial charge in [-0.2, -0.15) is 0 Å². The van der Waals surface area contributed by atoms with Crippen molar-refractivity contribution in [1.82, 2.24) is 4.98 Å². The van der Waals surface area contributed by atoms with Crippen molar-refractivity contribution in [2.45, 2.75) is 30.5 Å². The lowest BCUT2D eigenvalue weighted by atomic mass is 10.1. The fourth-order valence-corrected chi connectivity index (χ4v) is 5.64. The third-order valence-corrected chi connectivity index (χ3v) is 7.49. The molecule has 3 heterocycles. The van der Waals surface area contributed by atoms with Crippen LogP contribution >= 0.6 is 0 Å². The molecule has 7 heteroatoms. The zero-order valence-electron chi connectivity index (χ0n) is 17.0. The van der Waals surface area contributed by atoms with Gasteiger partial charge in [0.15, 0.2) is 0 Å². The lowest BCUT2D eigenvalue weighted by Gasteiger charge is -2.26. The number of aromatic nitrogens is 1. The van der Waals surface area contributed by atoms with E-state index in [4.69, 9.17) is 10.7 Å². The van der Waals surface area contributed by atoms with Gasteiger partial charge in [-0.3, -0.25) is 4.21 Å². The summed E-state index contributed by atoms with van der Waals surface area (Å²) < 4.78 is 12.7. The summed E-state index contributed by atoms with van der Waals surface area (Å²) in [5.41, 5.74) is 10.3. The van der Waals surface area contributed by atoms with E-state index in [1.54, 1.807) is 0 Å². The number of nitrogens with zero attached hydrogens (tertiary/aromatic N) is 3. The number of rotatable bonds is 2. The molecule has 2 aliphatic heterocycles. The standard InChI is InChI=1S/C23H26N4O2S/c1-15-6-7-19-17(10-15)20(27-13-18(24)21(28)14-27)11-23(25-19)26-8-9-30(29)22-5-3-2-4-16(22)12-26/h2-7,10-11,18,21,28H,8-9,12-14,24H2,1H3. The molecule has 3 N–H and O–H groups in total. The normalized spacial score (nSPS) is 24.2. The fraction of sp³-hybridized carbons (Fsp3) is 0.348. The highest BCUT2D eigenvalue weighted by Gasteiger charge is 2.30. The molecule has 1 fully saturated rings. The van der Waals surface area contributed by atoms with E-state index in [0.717, 1.165) is 32.9 Å². The molecular formula is C23H26N4O2S. The number of aliphatic hydroxyl groups excluding tert-OH is 1. The molecule has 3 unspecified atom stereocenters. The van der Waals surface area contributed by atoms with Crippen LogP contribution in [-0.2, 0) is 17.3 Å². The minimum atomic E-state index is -1.00. The minimum Gasteiger partial charge on any atom is -0.390 e. The molecule has 0 spiro atoms. The maximum atomic E-state index is 12.7. The van der Waals surface area contributed by atoms with Crippen LogP contribution in [0.3, 0.4) is 0 Å². The van der Waals surface area contributed by atoms with Gasteiger partial charge in [0.05, 0.1) is 22.4 Å². The highest BCUT2D eigenvalue weighted by Crippen LogP contribution is 2.34. The number of aryl methyl sites for hydroxylation is 1. The Morgan fingerprint density at radius 3 is 2.77 bits per heavy atom. The van der Waals surface area contributed by atoms with Crippen LogP contribution < -0.4 is 15.5 Å². The zero-order valence-corrected chi connectivity index (χ0v) is 17.8. The van der Waals surface area contributed by atoms with Crippen molar-refractivity contribution in [3.8, 4) is 0 Å². The molecule has 5 rings (SSSR count). The summed E-state index contributed by atoms with van der Waals surface area (Å²) in [5.74, 6) is 1.44. The lowest BCUT2D eigenvalue weighted by molar-refractivity contribution is 0.180. The van der Waals surface area contributed by atoms with Crippen LogP contribution in [0.15, 0.2) is 53.4 Å². The smallest absolute Gasteiger partial charge is 0.131 e. The van der Waals surface area contributed by atoms with Crippen molar-refractivity contribution >= 4 is 33.2 Å². The van der Waals surface area contributed by atoms with Gasteiger partial charge < -0.3 is 20.6 Å². The first-order valence-electron chi connectivity index (χ1n) is 10.3. The third-order valence-electron chi connectivity index (χ3n) is 6.05. The summed E-state index contributed by atoms with van der Waals surface area (Å²) in [6.45, 7) is 4.55. The Kier molecular flexibility index (Phi) is 4.97. The van der Waals surface area contributed by atoms with E-state index >= 15 is 0 Å². The van der Waals surface area contributed by atoms with E-state index in [1.807, 2.05) is 30.3 Å². The first kappa shape index (κ1) is 19.5. The quantitative estimate of drug-likeness (QED) is 0.659. The van der Waals surface area contributed by atoms with Crippen LogP contribution in [0.2, 0.25) is 0 Å². The molecule has 0 amide bonds. The van der Waals surface area contributed by atoms with Gasteiger partial charge in [0.25, 0.3) is 0 Å². The predicted molar refractivity (Wildman–Crippen MR) is 121 cm³/mol. The van der Waals surface area contributed by atoms with Gasteiger partial charge in [0, 0.05) is 60.0 Å². The predicted octanol–water partition coefficient (Wildman–Crippen LogP) is 2.18. The van der Waals surface area contributed by atoms with Gasteiger partial charge in [-0.05, 0) is 30.7 Å². The van der Waals surface area contributed by atoms with Crippen LogP contribution in [0.25, 0.3) is 10.9 Å². The Labute approximate surface area is 178 Å². The van der Waals surface area contributed by atoms with E-state index in [2.05, 4.69) is 34.9 Å². The molecule has 0 radical (unpaired) electrons. The second kappa shape index (κ2) is 7.65. The van der Waals surface area contributed by atoms with E-state index in [-0.39, 0.29) is 6.04 Å². The van der Waals surface area contributed by atoms with Crippen molar-refractivity contribution in [1.29, 1.82) is 0 Å². The van der Waals surface area contributed by atoms with Crippen molar-refractivity contribution < 1.29 is 9.32 Å². The van der Waals surface area contributed by atoms with Gasteiger partial charge in [-0.25, -0.2) is 4.98 Å². The Morgan fingerprint density at radius 1 is 1.13 bits per heavy atom. The number of fused-ring (bicyclic) bond motifs is 2. The van der Waals surface area contributed by atoms with Crippen molar-refractivity contribution in [2.24, 2.45) is 5.73 Å². The van der Waals surface area contributed by atoms with Crippen molar-refractivity contribution in [2.75, 3.05) is 35.2 Å². The van der Waals surface area contributed by atoms with Gasteiger partial charge >= 0.3 is 0 Å². The summed E-state index contributed by atoms with van der Waals surface area (Å²) in [6, 6.07) is 16.1. The highest BCUT2D eigenvalue weighted by atomic mass is 32.2. The number of benzene rings is 2. The van der Waals surface area contributed by atoms with Crippen LogP contribution in [-0.4, -0.2) is 51.8 Å². The third kappa shape index (κ3) is 3.47. The molecule has 1 saturated heterocycles. The zero-order chi connectivity index (χ0) is 20.8. The molecule has 2 aromatic carbocycles. The molecule has 0 bridgehead atoms. The highest BCUT2D eigenvalue weighted by molar-refractivity contribution is 7.85. The molecule has 30 heavy (non-hydrogen) atoms. The number of β-amino-alcohol motifs (C(OH)–C–C–N with tert-alkyl or cyclic N) is 1. The number of hydrogen-bond acceptors (Lipinski definition) is 6. The number of pyridine rings is 1. The molecule has 2 aliphatic rings. The first-order chi connectivity index (χ1) is 14.5. The largest absolute Gasteiger partial charge is 0.390 e. The monoisotopic (exact) mass is 422 g/mol. The molecule has 1 aromatic heterocycles. The summed E-state index contributed by atoms with van der Waals surface area (Å²) in [5, 5.41) is 11.3. The molecule has 0 saturated carbocycles. The first-order valence-corrected chi connectivity index (χ1v) is 11.6. The molecule has 6 nitrogen and oxygen atoms in total. The summed E-state index contributed by atoms with van der Waals surface area (Å²) in [6.07, 6.45) is -0.533. The molecule has 156 valence electrons. The molecule has 3 atom stereocenters. The van der Waals surface area contributed by atoms with Gasteiger partial charge in [-0.1, -0.05) is 29.8 Å². The summed E-state index contributed by atoms with van der Waals surface area (Å²) in [7, 11) is -1.00. The average Bonchev–Trinajstić information content (AvgIpc) is 2.98. The number of nitrogens with two attached hydrogens (primary N) is 1. The molecule has 0 aliphatic carbocycles. The maximum absolute atomic E-state index is 12.7. The Hall–Kier alpha value is -2.48. The van der Waals surface area contributed by atoms with Crippen molar-refractivity contribution in [3.05, 3.63) is 59.7 Å². The SMILES string of the molecule is Cc1ccc2nc(N3CCS(=O)c4ccccc4C3)cc(N3CC(N)C(O)C3)c2c1.